The third kappa shape index (κ3) is 3.00. The van der Waals surface area contributed by atoms with Gasteiger partial charge < -0.3 is 4.74 Å². The van der Waals surface area contributed by atoms with Crippen LogP contribution >= 0.6 is 0 Å². The summed E-state index contributed by atoms with van der Waals surface area (Å²) in [5.74, 6) is -1.08. The highest BCUT2D eigenvalue weighted by molar-refractivity contribution is 6.08. The second-order valence-electron chi connectivity index (χ2n) is 5.99. The van der Waals surface area contributed by atoms with Gasteiger partial charge in [-0.15, -0.1) is 0 Å². The van der Waals surface area contributed by atoms with E-state index in [0.29, 0.717) is 0 Å². The lowest BCUT2D eigenvalue weighted by Gasteiger charge is -2.21. The molecule has 0 radical (unpaired) electrons. The van der Waals surface area contributed by atoms with Gasteiger partial charge in [0.05, 0.1) is 5.56 Å². The van der Waals surface area contributed by atoms with Gasteiger partial charge in [-0.1, -0.05) is 61.5 Å². The molecular formula is C20H18FNO2. The molecule has 0 amide bonds. The number of aliphatic imine (C=N–C) groups is 1. The van der Waals surface area contributed by atoms with Crippen LogP contribution in [0.15, 0.2) is 65.7 Å². The number of ether oxygens (including phenoxy) is 1. The summed E-state index contributed by atoms with van der Waals surface area (Å²) >= 11 is 0. The number of esters is 1. The Balaban J connectivity index is 1.87. The van der Waals surface area contributed by atoms with E-state index in [9.17, 15) is 9.18 Å². The molecule has 0 N–H and O–H groups in total. The van der Waals surface area contributed by atoms with Crippen molar-refractivity contribution in [2.45, 2.75) is 19.4 Å². The van der Waals surface area contributed by atoms with Crippen molar-refractivity contribution in [1.29, 1.82) is 0 Å². The van der Waals surface area contributed by atoms with Crippen molar-refractivity contribution in [3.05, 3.63) is 77.6 Å². The molecule has 0 saturated carbocycles. The number of nitrogens with zero attached hydrogens (tertiary/aromatic N) is 1. The number of benzene rings is 2. The minimum atomic E-state index is -1.07. The molecule has 0 bridgehead atoms. The average molecular weight is 323 g/mol. The number of cyclic esters (lactones) is 1. The average Bonchev–Trinajstić information content (AvgIpc) is 2.90. The number of halogens is 1. The lowest BCUT2D eigenvalue weighted by atomic mass is 9.87. The van der Waals surface area contributed by atoms with Gasteiger partial charge >= 0.3 is 5.97 Å². The Hall–Kier alpha value is -2.75. The van der Waals surface area contributed by atoms with Gasteiger partial charge in [-0.05, 0) is 24.6 Å². The van der Waals surface area contributed by atoms with Crippen LogP contribution in [0, 0.1) is 11.7 Å². The fourth-order valence-electron chi connectivity index (χ4n) is 2.52. The summed E-state index contributed by atoms with van der Waals surface area (Å²) in [5.41, 5.74) is 0.175. The Morgan fingerprint density at radius 1 is 1.12 bits per heavy atom. The first kappa shape index (κ1) is 16.1. The Labute approximate surface area is 140 Å². The van der Waals surface area contributed by atoms with E-state index in [1.807, 2.05) is 49.4 Å². The van der Waals surface area contributed by atoms with Crippen LogP contribution < -0.4 is 0 Å². The van der Waals surface area contributed by atoms with Gasteiger partial charge in [0.25, 0.3) is 0 Å². The summed E-state index contributed by atoms with van der Waals surface area (Å²) in [6, 6.07) is 15.9. The Bertz CT molecular complexity index is 813. The van der Waals surface area contributed by atoms with Gasteiger partial charge in [0, 0.05) is 5.92 Å². The van der Waals surface area contributed by atoms with Gasteiger partial charge in [-0.25, -0.2) is 14.2 Å². The number of carbonyl (C=O) groups is 1. The Morgan fingerprint density at radius 3 is 2.50 bits per heavy atom. The minimum Gasteiger partial charge on any atom is -0.405 e. The molecular weight excluding hydrogens is 305 g/mol. The van der Waals surface area contributed by atoms with Crippen molar-refractivity contribution in [3.8, 4) is 0 Å². The van der Waals surface area contributed by atoms with Gasteiger partial charge in [0.15, 0.2) is 5.54 Å². The second kappa shape index (κ2) is 6.40. The molecule has 24 heavy (non-hydrogen) atoms. The zero-order valence-electron chi connectivity index (χ0n) is 13.6. The lowest BCUT2D eigenvalue weighted by molar-refractivity contribution is -0.139. The highest BCUT2D eigenvalue weighted by atomic mass is 19.1. The third-order valence-corrected chi connectivity index (χ3v) is 4.30. The molecule has 0 spiro atoms. The maximum Gasteiger partial charge on any atom is 0.341 e. The SMILES string of the molecule is C[C@@H](/C=C/c1ccccc1)[C@@]1(C)N=C(c2ccccc2F)OC1=O. The van der Waals surface area contributed by atoms with E-state index in [0.717, 1.165) is 5.56 Å². The van der Waals surface area contributed by atoms with Gasteiger partial charge in [0.1, 0.15) is 5.82 Å². The van der Waals surface area contributed by atoms with Gasteiger partial charge in [-0.2, -0.15) is 0 Å². The molecule has 4 heteroatoms. The highest BCUT2D eigenvalue weighted by Crippen LogP contribution is 2.32. The number of hydrogen-bond acceptors (Lipinski definition) is 3. The number of hydrogen-bond donors (Lipinski definition) is 0. The van der Waals surface area contributed by atoms with Crippen molar-refractivity contribution in [3.63, 3.8) is 0 Å². The normalized spacial score (nSPS) is 21.6. The molecule has 2 aromatic carbocycles. The first-order valence-corrected chi connectivity index (χ1v) is 7.81. The smallest absolute Gasteiger partial charge is 0.341 e. The summed E-state index contributed by atoms with van der Waals surface area (Å²) in [6.07, 6.45) is 3.87. The van der Waals surface area contributed by atoms with Crippen molar-refractivity contribution < 1.29 is 13.9 Å². The second-order valence-corrected chi connectivity index (χ2v) is 5.99. The summed E-state index contributed by atoms with van der Waals surface area (Å²) in [5, 5.41) is 0. The maximum absolute atomic E-state index is 13.9. The zero-order chi connectivity index (χ0) is 17.2. The van der Waals surface area contributed by atoms with E-state index in [4.69, 9.17) is 4.74 Å². The quantitative estimate of drug-likeness (QED) is 0.790. The Morgan fingerprint density at radius 2 is 1.79 bits per heavy atom. The van der Waals surface area contributed by atoms with Crippen LogP contribution in [0.1, 0.15) is 25.0 Å². The molecule has 0 saturated heterocycles. The largest absolute Gasteiger partial charge is 0.405 e. The van der Waals surface area contributed by atoms with Gasteiger partial charge in [-0.3, -0.25) is 0 Å². The third-order valence-electron chi connectivity index (χ3n) is 4.30. The molecule has 2 aromatic rings. The molecule has 1 aliphatic heterocycles. The topological polar surface area (TPSA) is 38.7 Å². The summed E-state index contributed by atoms with van der Waals surface area (Å²) in [6.45, 7) is 3.61. The van der Waals surface area contributed by atoms with E-state index in [1.165, 1.54) is 6.07 Å². The maximum atomic E-state index is 13.9. The summed E-state index contributed by atoms with van der Waals surface area (Å²) in [4.78, 5) is 16.7. The molecule has 0 fully saturated rings. The van der Waals surface area contributed by atoms with Crippen LogP contribution in [0.3, 0.4) is 0 Å². The lowest BCUT2D eigenvalue weighted by Crippen LogP contribution is -2.36. The van der Waals surface area contributed by atoms with Crippen molar-refractivity contribution in [2.24, 2.45) is 10.9 Å². The monoisotopic (exact) mass is 323 g/mol. The standard InChI is InChI=1S/C20H18FNO2/c1-14(12-13-15-8-4-3-5-9-15)20(2)19(23)24-18(22-20)16-10-6-7-11-17(16)21/h3-14H,1-2H3/b13-12+/t14-,20+/m0/s1. The molecule has 122 valence electrons. The molecule has 3 nitrogen and oxygen atoms in total. The molecule has 0 unspecified atom stereocenters. The van der Waals surface area contributed by atoms with Crippen molar-refractivity contribution in [1.82, 2.24) is 0 Å². The molecule has 0 aliphatic carbocycles. The highest BCUT2D eigenvalue weighted by Gasteiger charge is 2.45. The number of carbonyl (C=O) groups excluding carboxylic acids is 1. The van der Waals surface area contributed by atoms with E-state index < -0.39 is 17.3 Å². The molecule has 0 aromatic heterocycles. The van der Waals surface area contributed by atoms with E-state index in [2.05, 4.69) is 4.99 Å². The zero-order valence-corrected chi connectivity index (χ0v) is 13.6. The van der Waals surface area contributed by atoms with Crippen LogP contribution in [0.2, 0.25) is 0 Å². The molecule has 2 atom stereocenters. The van der Waals surface area contributed by atoms with E-state index in [1.54, 1.807) is 25.1 Å². The van der Waals surface area contributed by atoms with Crippen molar-refractivity contribution in [2.75, 3.05) is 0 Å². The van der Waals surface area contributed by atoms with Crippen LogP contribution in [0.5, 0.6) is 0 Å². The summed E-state index contributed by atoms with van der Waals surface area (Å²) in [7, 11) is 0. The summed E-state index contributed by atoms with van der Waals surface area (Å²) < 4.78 is 19.2. The fraction of sp³-hybridized carbons (Fsp3) is 0.200. The molecule has 1 heterocycles. The van der Waals surface area contributed by atoms with Crippen molar-refractivity contribution >= 4 is 17.9 Å². The molecule has 1 aliphatic rings. The minimum absolute atomic E-state index is 0.0422. The first-order valence-electron chi connectivity index (χ1n) is 7.81. The van der Waals surface area contributed by atoms with Crippen LogP contribution in [0.25, 0.3) is 6.08 Å². The molecule has 3 rings (SSSR count). The number of rotatable bonds is 4. The Kier molecular flexibility index (Phi) is 4.30. The predicted molar refractivity (Wildman–Crippen MR) is 92.1 cm³/mol. The predicted octanol–water partition coefficient (Wildman–Crippen LogP) is 4.24. The van der Waals surface area contributed by atoms with E-state index >= 15 is 0 Å². The van der Waals surface area contributed by atoms with Gasteiger partial charge in [0.2, 0.25) is 5.90 Å². The van der Waals surface area contributed by atoms with Crippen LogP contribution in [0.4, 0.5) is 4.39 Å². The van der Waals surface area contributed by atoms with E-state index in [-0.39, 0.29) is 17.4 Å². The fourth-order valence-corrected chi connectivity index (χ4v) is 2.52. The van der Waals surface area contributed by atoms with Crippen LogP contribution in [-0.2, 0) is 9.53 Å². The first-order chi connectivity index (χ1) is 11.5. The van der Waals surface area contributed by atoms with Crippen LogP contribution in [-0.4, -0.2) is 17.4 Å².